The molecule has 0 aliphatic carbocycles. The fourth-order valence-corrected chi connectivity index (χ4v) is 1.59. The second-order valence-corrected chi connectivity index (χ2v) is 3.30. The number of hydrogen-bond donors (Lipinski definition) is 0. The molecular formula is C10H10N2O. The third-order valence-electron chi connectivity index (χ3n) is 2.32. The van der Waals surface area contributed by atoms with Gasteiger partial charge in [0.05, 0.1) is 0 Å². The zero-order valence-electron chi connectivity index (χ0n) is 7.40. The van der Waals surface area contributed by atoms with Crippen molar-refractivity contribution >= 4 is 11.9 Å². The van der Waals surface area contributed by atoms with Gasteiger partial charge < -0.3 is 0 Å². The number of fused-ring (bicyclic) bond motifs is 1. The van der Waals surface area contributed by atoms with Crippen molar-refractivity contribution in [1.82, 2.24) is 0 Å². The van der Waals surface area contributed by atoms with Crippen molar-refractivity contribution in [2.45, 2.75) is 12.8 Å². The number of nitroso groups, excluding NO2 is 1. The van der Waals surface area contributed by atoms with Crippen molar-refractivity contribution in [3.8, 4) is 0 Å². The fraction of sp³-hybridized carbons (Fsp3) is 0.300. The molecule has 0 spiro atoms. The average molecular weight is 174 g/mol. The summed E-state index contributed by atoms with van der Waals surface area (Å²) >= 11 is 0. The standard InChI is InChI=1S/C10H10N2O/c1-7-5-11-6-8-4-9(12-13)2-3-10(7)8/h2-4,6-7H,5H2,1H3. The summed E-state index contributed by atoms with van der Waals surface area (Å²) in [6.07, 6.45) is 1.81. The molecule has 0 radical (unpaired) electrons. The van der Waals surface area contributed by atoms with Gasteiger partial charge in [-0.05, 0) is 28.4 Å². The molecule has 1 aliphatic heterocycles. The Kier molecular flexibility index (Phi) is 1.93. The van der Waals surface area contributed by atoms with Crippen LogP contribution in [0.15, 0.2) is 28.4 Å². The molecule has 3 nitrogen and oxygen atoms in total. The lowest BCUT2D eigenvalue weighted by atomic mass is 9.94. The SMILES string of the molecule is CC1CN=Cc2cc(N=O)ccc21. The van der Waals surface area contributed by atoms with Gasteiger partial charge in [-0.2, -0.15) is 0 Å². The molecule has 1 atom stereocenters. The molecule has 0 saturated heterocycles. The predicted octanol–water partition coefficient (Wildman–Crippen LogP) is 2.62. The van der Waals surface area contributed by atoms with E-state index in [1.807, 2.05) is 12.3 Å². The van der Waals surface area contributed by atoms with E-state index in [0.29, 0.717) is 11.6 Å². The molecule has 1 aliphatic rings. The Labute approximate surface area is 76.5 Å². The van der Waals surface area contributed by atoms with E-state index >= 15 is 0 Å². The smallest absolute Gasteiger partial charge is 0.108 e. The van der Waals surface area contributed by atoms with E-state index < -0.39 is 0 Å². The van der Waals surface area contributed by atoms with Crippen molar-refractivity contribution in [3.05, 3.63) is 34.2 Å². The highest BCUT2D eigenvalue weighted by atomic mass is 16.3. The minimum absolute atomic E-state index is 0.445. The van der Waals surface area contributed by atoms with Gasteiger partial charge in [0.1, 0.15) is 5.69 Å². The summed E-state index contributed by atoms with van der Waals surface area (Å²) in [7, 11) is 0. The van der Waals surface area contributed by atoms with Gasteiger partial charge in [0.2, 0.25) is 0 Å². The van der Waals surface area contributed by atoms with Crippen LogP contribution in [-0.4, -0.2) is 12.8 Å². The monoisotopic (exact) mass is 174 g/mol. The van der Waals surface area contributed by atoms with E-state index in [9.17, 15) is 4.91 Å². The van der Waals surface area contributed by atoms with Crippen molar-refractivity contribution in [1.29, 1.82) is 0 Å². The molecule has 13 heavy (non-hydrogen) atoms. The minimum Gasteiger partial charge on any atom is -0.292 e. The van der Waals surface area contributed by atoms with Crippen molar-refractivity contribution in [3.63, 3.8) is 0 Å². The summed E-state index contributed by atoms with van der Waals surface area (Å²) in [5.41, 5.74) is 2.75. The van der Waals surface area contributed by atoms with Crippen molar-refractivity contribution in [2.75, 3.05) is 6.54 Å². The second kappa shape index (κ2) is 3.09. The Bertz CT molecular complexity index is 371. The van der Waals surface area contributed by atoms with E-state index in [1.54, 1.807) is 12.1 Å². The zero-order valence-corrected chi connectivity index (χ0v) is 7.40. The zero-order chi connectivity index (χ0) is 9.26. The van der Waals surface area contributed by atoms with E-state index in [2.05, 4.69) is 17.1 Å². The van der Waals surface area contributed by atoms with Crippen molar-refractivity contribution in [2.24, 2.45) is 10.2 Å². The van der Waals surface area contributed by atoms with Crippen LogP contribution in [0.4, 0.5) is 5.69 Å². The maximum Gasteiger partial charge on any atom is 0.108 e. The van der Waals surface area contributed by atoms with E-state index in [4.69, 9.17) is 0 Å². The van der Waals surface area contributed by atoms with E-state index in [-0.39, 0.29) is 0 Å². The van der Waals surface area contributed by atoms with Gasteiger partial charge >= 0.3 is 0 Å². The van der Waals surface area contributed by atoms with Crippen molar-refractivity contribution < 1.29 is 0 Å². The Morgan fingerprint density at radius 1 is 1.54 bits per heavy atom. The van der Waals surface area contributed by atoms with Crippen LogP contribution in [0.2, 0.25) is 0 Å². The first-order valence-electron chi connectivity index (χ1n) is 4.28. The van der Waals surface area contributed by atoms with Crippen LogP contribution in [0.25, 0.3) is 0 Å². The first-order chi connectivity index (χ1) is 6.31. The van der Waals surface area contributed by atoms with Gasteiger partial charge in [-0.3, -0.25) is 4.99 Å². The quantitative estimate of drug-likeness (QED) is 0.603. The van der Waals surface area contributed by atoms with E-state index in [1.165, 1.54) is 5.56 Å². The van der Waals surface area contributed by atoms with Crippen LogP contribution in [0, 0.1) is 4.91 Å². The van der Waals surface area contributed by atoms with Gasteiger partial charge in [-0.1, -0.05) is 13.0 Å². The molecule has 1 aromatic carbocycles. The number of benzene rings is 1. The highest BCUT2D eigenvalue weighted by molar-refractivity contribution is 5.84. The molecule has 1 heterocycles. The summed E-state index contributed by atoms with van der Waals surface area (Å²) in [5, 5.41) is 2.89. The third kappa shape index (κ3) is 1.37. The van der Waals surface area contributed by atoms with Gasteiger partial charge in [0.25, 0.3) is 0 Å². The lowest BCUT2D eigenvalue weighted by molar-refractivity contribution is 0.765. The van der Waals surface area contributed by atoms with Crippen LogP contribution < -0.4 is 0 Å². The lowest BCUT2D eigenvalue weighted by Crippen LogP contribution is -2.07. The molecule has 66 valence electrons. The molecule has 2 rings (SSSR count). The molecular weight excluding hydrogens is 164 g/mol. The lowest BCUT2D eigenvalue weighted by Gasteiger charge is -2.16. The normalized spacial score (nSPS) is 19.6. The number of rotatable bonds is 1. The summed E-state index contributed by atoms with van der Waals surface area (Å²) in [6, 6.07) is 5.49. The molecule has 0 aromatic heterocycles. The van der Waals surface area contributed by atoms with Gasteiger partial charge in [-0.25, -0.2) is 0 Å². The van der Waals surface area contributed by atoms with Crippen LogP contribution >= 0.6 is 0 Å². The third-order valence-corrected chi connectivity index (χ3v) is 2.32. The molecule has 0 fully saturated rings. The van der Waals surface area contributed by atoms with E-state index in [0.717, 1.165) is 12.1 Å². The van der Waals surface area contributed by atoms with Crippen LogP contribution in [0.5, 0.6) is 0 Å². The maximum absolute atomic E-state index is 10.3. The highest BCUT2D eigenvalue weighted by Gasteiger charge is 2.13. The summed E-state index contributed by atoms with van der Waals surface area (Å²) in [5.74, 6) is 0.445. The molecule has 0 amide bonds. The molecule has 0 bridgehead atoms. The molecule has 1 unspecified atom stereocenters. The number of aliphatic imine (C=N–C) groups is 1. The summed E-state index contributed by atoms with van der Waals surface area (Å²) in [6.45, 7) is 2.96. The fourth-order valence-electron chi connectivity index (χ4n) is 1.59. The summed E-state index contributed by atoms with van der Waals surface area (Å²) in [4.78, 5) is 14.5. The topological polar surface area (TPSA) is 41.8 Å². The first-order valence-corrected chi connectivity index (χ1v) is 4.28. The molecule has 3 heteroatoms. The largest absolute Gasteiger partial charge is 0.292 e. The molecule has 0 saturated carbocycles. The minimum atomic E-state index is 0.445. The Hall–Kier alpha value is -1.51. The van der Waals surface area contributed by atoms with Gasteiger partial charge in [0, 0.05) is 18.7 Å². The van der Waals surface area contributed by atoms with Gasteiger partial charge in [0.15, 0.2) is 0 Å². The predicted molar refractivity (Wildman–Crippen MR) is 52.8 cm³/mol. The Morgan fingerprint density at radius 2 is 2.38 bits per heavy atom. The molecule has 0 N–H and O–H groups in total. The Balaban J connectivity index is 2.53. The van der Waals surface area contributed by atoms with Crippen LogP contribution in [0.1, 0.15) is 24.0 Å². The maximum atomic E-state index is 10.3. The van der Waals surface area contributed by atoms with Crippen LogP contribution in [-0.2, 0) is 0 Å². The highest BCUT2D eigenvalue weighted by Crippen LogP contribution is 2.26. The number of nitrogens with zero attached hydrogens (tertiary/aromatic N) is 2. The second-order valence-electron chi connectivity index (χ2n) is 3.30. The molecule has 1 aromatic rings. The first kappa shape index (κ1) is 8.10. The number of hydrogen-bond acceptors (Lipinski definition) is 3. The van der Waals surface area contributed by atoms with Gasteiger partial charge in [-0.15, -0.1) is 4.91 Å². The van der Waals surface area contributed by atoms with Crippen LogP contribution in [0.3, 0.4) is 0 Å². The summed E-state index contributed by atoms with van der Waals surface area (Å²) < 4.78 is 0. The Morgan fingerprint density at radius 3 is 3.15 bits per heavy atom. The average Bonchev–Trinajstić information content (AvgIpc) is 2.18.